The second-order valence-electron chi connectivity index (χ2n) is 3.31. The van der Waals surface area contributed by atoms with E-state index >= 15 is 0 Å². The van der Waals surface area contributed by atoms with Gasteiger partial charge in [0.1, 0.15) is 5.82 Å². The van der Waals surface area contributed by atoms with Gasteiger partial charge in [0.05, 0.1) is 6.33 Å². The fraction of sp³-hybridized carbons (Fsp3) is 0.556. The molecule has 0 spiro atoms. The number of anilines is 1. The predicted octanol–water partition coefficient (Wildman–Crippen LogP) is 1.08. The van der Waals surface area contributed by atoms with Crippen LogP contribution in [0, 0.1) is 0 Å². The van der Waals surface area contributed by atoms with Gasteiger partial charge in [-0.05, 0) is 18.6 Å². The SMILES string of the molecule is O=c1cc(NCC2CCCS2)nc[nH]1. The zero-order valence-electron chi connectivity index (χ0n) is 7.82. The van der Waals surface area contributed by atoms with Gasteiger partial charge >= 0.3 is 0 Å². The van der Waals surface area contributed by atoms with Gasteiger partial charge in [0, 0.05) is 17.9 Å². The monoisotopic (exact) mass is 211 g/mol. The molecule has 2 N–H and O–H groups in total. The van der Waals surface area contributed by atoms with Crippen molar-refractivity contribution in [2.75, 3.05) is 17.6 Å². The number of nitrogens with zero attached hydrogens (tertiary/aromatic N) is 1. The van der Waals surface area contributed by atoms with Crippen LogP contribution in [0.5, 0.6) is 0 Å². The van der Waals surface area contributed by atoms with Crippen LogP contribution in [-0.2, 0) is 0 Å². The molecule has 1 aromatic rings. The number of aromatic nitrogens is 2. The van der Waals surface area contributed by atoms with Crippen molar-refractivity contribution in [3.8, 4) is 0 Å². The third-order valence-electron chi connectivity index (χ3n) is 2.21. The van der Waals surface area contributed by atoms with Crippen LogP contribution in [-0.4, -0.2) is 27.5 Å². The van der Waals surface area contributed by atoms with Crippen molar-refractivity contribution >= 4 is 17.6 Å². The number of rotatable bonds is 3. The first-order valence-corrected chi connectivity index (χ1v) is 5.80. The van der Waals surface area contributed by atoms with Crippen LogP contribution in [0.4, 0.5) is 5.82 Å². The molecule has 2 rings (SSSR count). The van der Waals surface area contributed by atoms with Crippen LogP contribution >= 0.6 is 11.8 Å². The highest BCUT2D eigenvalue weighted by Crippen LogP contribution is 2.25. The molecule has 1 aromatic heterocycles. The summed E-state index contributed by atoms with van der Waals surface area (Å²) in [5, 5.41) is 3.85. The summed E-state index contributed by atoms with van der Waals surface area (Å²) < 4.78 is 0. The van der Waals surface area contributed by atoms with Crippen molar-refractivity contribution in [2.45, 2.75) is 18.1 Å². The van der Waals surface area contributed by atoms with Crippen LogP contribution in [0.15, 0.2) is 17.2 Å². The maximum absolute atomic E-state index is 10.9. The Hall–Kier alpha value is -0.970. The first-order chi connectivity index (χ1) is 6.84. The number of hydrogen-bond donors (Lipinski definition) is 2. The molecule has 1 fully saturated rings. The molecule has 0 aliphatic carbocycles. The maximum Gasteiger partial charge on any atom is 0.252 e. The van der Waals surface area contributed by atoms with Gasteiger partial charge in [-0.3, -0.25) is 4.79 Å². The first kappa shape index (κ1) is 9.58. The van der Waals surface area contributed by atoms with Crippen LogP contribution in [0.3, 0.4) is 0 Å². The maximum atomic E-state index is 10.9. The van der Waals surface area contributed by atoms with Gasteiger partial charge in [0.15, 0.2) is 0 Å². The van der Waals surface area contributed by atoms with Gasteiger partial charge in [-0.15, -0.1) is 0 Å². The number of hydrogen-bond acceptors (Lipinski definition) is 4. The normalized spacial score (nSPS) is 21.0. The van der Waals surface area contributed by atoms with Crippen molar-refractivity contribution in [3.63, 3.8) is 0 Å². The van der Waals surface area contributed by atoms with Gasteiger partial charge < -0.3 is 10.3 Å². The molecule has 1 unspecified atom stereocenters. The highest BCUT2D eigenvalue weighted by atomic mass is 32.2. The average molecular weight is 211 g/mol. The van der Waals surface area contributed by atoms with Crippen molar-refractivity contribution in [1.29, 1.82) is 0 Å². The van der Waals surface area contributed by atoms with Gasteiger partial charge in [0.2, 0.25) is 0 Å². The van der Waals surface area contributed by atoms with Gasteiger partial charge in [-0.25, -0.2) is 4.98 Å². The van der Waals surface area contributed by atoms with E-state index in [0.29, 0.717) is 11.1 Å². The molecule has 0 amide bonds. The second-order valence-corrected chi connectivity index (χ2v) is 4.72. The predicted molar refractivity (Wildman–Crippen MR) is 58.8 cm³/mol. The van der Waals surface area contributed by atoms with E-state index in [2.05, 4.69) is 15.3 Å². The first-order valence-electron chi connectivity index (χ1n) is 4.75. The van der Waals surface area contributed by atoms with Crippen molar-refractivity contribution in [1.82, 2.24) is 9.97 Å². The summed E-state index contributed by atoms with van der Waals surface area (Å²) in [5.41, 5.74) is -0.110. The lowest BCUT2D eigenvalue weighted by Crippen LogP contribution is -2.16. The van der Waals surface area contributed by atoms with Gasteiger partial charge in [-0.2, -0.15) is 11.8 Å². The lowest BCUT2D eigenvalue weighted by Gasteiger charge is -2.09. The fourth-order valence-electron chi connectivity index (χ4n) is 1.49. The van der Waals surface area contributed by atoms with Crippen LogP contribution in [0.25, 0.3) is 0 Å². The number of H-pyrrole nitrogens is 1. The zero-order valence-corrected chi connectivity index (χ0v) is 8.64. The fourth-order valence-corrected chi connectivity index (χ4v) is 2.69. The van der Waals surface area contributed by atoms with E-state index in [-0.39, 0.29) is 5.56 Å². The Morgan fingerprint density at radius 1 is 1.71 bits per heavy atom. The van der Waals surface area contributed by atoms with Crippen LogP contribution in [0.1, 0.15) is 12.8 Å². The molecule has 1 atom stereocenters. The third kappa shape index (κ3) is 2.51. The summed E-state index contributed by atoms with van der Waals surface area (Å²) in [7, 11) is 0. The van der Waals surface area contributed by atoms with E-state index in [1.807, 2.05) is 11.8 Å². The third-order valence-corrected chi connectivity index (χ3v) is 3.61. The molecule has 1 saturated heterocycles. The van der Waals surface area contributed by atoms with Crippen LogP contribution < -0.4 is 10.9 Å². The molecule has 0 aromatic carbocycles. The quantitative estimate of drug-likeness (QED) is 0.785. The average Bonchev–Trinajstić information content (AvgIpc) is 2.67. The molecule has 0 bridgehead atoms. The lowest BCUT2D eigenvalue weighted by molar-refractivity contribution is 0.803. The Labute approximate surface area is 86.5 Å². The Balaban J connectivity index is 1.88. The molecule has 0 radical (unpaired) electrons. The molecule has 2 heterocycles. The largest absolute Gasteiger partial charge is 0.369 e. The number of nitrogens with one attached hydrogen (secondary N) is 2. The van der Waals surface area contributed by atoms with Crippen LogP contribution in [0.2, 0.25) is 0 Å². The molecule has 1 aliphatic rings. The number of thioether (sulfide) groups is 1. The van der Waals surface area contributed by atoms with E-state index in [1.165, 1.54) is 31.0 Å². The summed E-state index contributed by atoms with van der Waals surface area (Å²) in [4.78, 5) is 17.5. The smallest absolute Gasteiger partial charge is 0.252 e. The minimum Gasteiger partial charge on any atom is -0.369 e. The zero-order chi connectivity index (χ0) is 9.80. The highest BCUT2D eigenvalue weighted by molar-refractivity contribution is 8.00. The van der Waals surface area contributed by atoms with Gasteiger partial charge in [0.25, 0.3) is 5.56 Å². The van der Waals surface area contributed by atoms with E-state index in [1.54, 1.807) is 0 Å². The minimum atomic E-state index is -0.110. The van der Waals surface area contributed by atoms with Gasteiger partial charge in [-0.1, -0.05) is 0 Å². The summed E-state index contributed by atoms with van der Waals surface area (Å²) in [6, 6.07) is 1.49. The molecule has 0 saturated carbocycles. The van der Waals surface area contributed by atoms with E-state index < -0.39 is 0 Å². The topological polar surface area (TPSA) is 57.8 Å². The molecule has 1 aliphatic heterocycles. The Morgan fingerprint density at radius 3 is 3.36 bits per heavy atom. The lowest BCUT2D eigenvalue weighted by atomic mass is 10.2. The Bertz CT molecular complexity index is 346. The highest BCUT2D eigenvalue weighted by Gasteiger charge is 2.14. The molecular weight excluding hydrogens is 198 g/mol. The standard InChI is InChI=1S/C9H13N3OS/c13-9-4-8(11-6-12-9)10-5-7-2-1-3-14-7/h4,6-7H,1-3,5H2,(H2,10,11,12,13). The molecule has 14 heavy (non-hydrogen) atoms. The molecule has 4 nitrogen and oxygen atoms in total. The molecule has 76 valence electrons. The summed E-state index contributed by atoms with van der Waals surface area (Å²) in [6.45, 7) is 0.904. The minimum absolute atomic E-state index is 0.110. The van der Waals surface area contributed by atoms with Crippen molar-refractivity contribution < 1.29 is 0 Å². The van der Waals surface area contributed by atoms with E-state index in [9.17, 15) is 4.79 Å². The second kappa shape index (κ2) is 4.50. The van der Waals surface area contributed by atoms with Crippen molar-refractivity contribution in [2.24, 2.45) is 0 Å². The Kier molecular flexibility index (Phi) is 3.08. The Morgan fingerprint density at radius 2 is 2.64 bits per heavy atom. The molecule has 5 heteroatoms. The van der Waals surface area contributed by atoms with E-state index in [4.69, 9.17) is 0 Å². The summed E-state index contributed by atoms with van der Waals surface area (Å²) in [6.07, 6.45) is 3.99. The summed E-state index contributed by atoms with van der Waals surface area (Å²) >= 11 is 1.99. The van der Waals surface area contributed by atoms with Crippen molar-refractivity contribution in [3.05, 3.63) is 22.7 Å². The van der Waals surface area contributed by atoms with E-state index in [0.717, 1.165) is 6.54 Å². The summed E-state index contributed by atoms with van der Waals surface area (Å²) in [5.74, 6) is 1.93. The number of aromatic amines is 1. The molecular formula is C9H13N3OS.